The van der Waals surface area contributed by atoms with Gasteiger partial charge in [0.2, 0.25) is 0 Å². The summed E-state index contributed by atoms with van der Waals surface area (Å²) in [6, 6.07) is -0.528. The molecule has 0 aromatic rings. The molecule has 13 heavy (non-hydrogen) atoms. The van der Waals surface area contributed by atoms with Crippen LogP contribution in [0.25, 0.3) is 0 Å². The second-order valence-corrected chi connectivity index (χ2v) is 4.07. The van der Waals surface area contributed by atoms with Crippen molar-refractivity contribution in [3.63, 3.8) is 0 Å². The molecule has 2 N–H and O–H groups in total. The van der Waals surface area contributed by atoms with Crippen LogP contribution in [0.2, 0.25) is 0 Å². The van der Waals surface area contributed by atoms with Crippen molar-refractivity contribution in [3.8, 4) is 0 Å². The Kier molecular flexibility index (Phi) is 6.99. The summed E-state index contributed by atoms with van der Waals surface area (Å²) in [6.45, 7) is 1.91. The predicted molar refractivity (Wildman–Crippen MR) is 60.4 cm³/mol. The summed E-state index contributed by atoms with van der Waals surface area (Å²) in [5, 5.41) is 11.6. The summed E-state index contributed by atoms with van der Waals surface area (Å²) in [5.41, 5.74) is 0. The molecule has 1 unspecified atom stereocenters. The smallest absolute Gasteiger partial charge is 0.326 e. The molecule has 0 saturated carbocycles. The molecular formula is C8H15NO2S2. The van der Waals surface area contributed by atoms with Crippen LogP contribution in [0.15, 0.2) is 0 Å². The number of thioether (sulfide) groups is 1. The van der Waals surface area contributed by atoms with Gasteiger partial charge < -0.3 is 10.4 Å². The van der Waals surface area contributed by atoms with Gasteiger partial charge in [0.05, 0.1) is 4.99 Å². The number of nitrogens with one attached hydrogen (secondary N) is 1. The summed E-state index contributed by atoms with van der Waals surface area (Å²) >= 11 is 6.56. The summed E-state index contributed by atoms with van der Waals surface area (Å²) < 4.78 is 0. The van der Waals surface area contributed by atoms with Crippen LogP contribution in [-0.4, -0.2) is 34.1 Å². The number of hydrogen-bond acceptors (Lipinski definition) is 3. The van der Waals surface area contributed by atoms with Gasteiger partial charge in [0, 0.05) is 0 Å². The monoisotopic (exact) mass is 221 g/mol. The lowest BCUT2D eigenvalue weighted by molar-refractivity contribution is -0.139. The van der Waals surface area contributed by atoms with Crippen molar-refractivity contribution in [2.45, 2.75) is 25.8 Å². The molecular weight excluding hydrogens is 206 g/mol. The summed E-state index contributed by atoms with van der Waals surface area (Å²) in [4.78, 5) is 11.3. The van der Waals surface area contributed by atoms with Gasteiger partial charge >= 0.3 is 5.97 Å². The van der Waals surface area contributed by atoms with Crippen molar-refractivity contribution < 1.29 is 9.90 Å². The number of carbonyl (C=O) groups is 1. The highest BCUT2D eigenvalue weighted by atomic mass is 32.2. The van der Waals surface area contributed by atoms with Gasteiger partial charge in [0.15, 0.2) is 0 Å². The number of hydrogen-bond donors (Lipinski definition) is 2. The summed E-state index contributed by atoms with van der Waals surface area (Å²) in [6.07, 6.45) is 3.26. The van der Waals surface area contributed by atoms with E-state index in [0.717, 1.165) is 5.75 Å². The highest BCUT2D eigenvalue weighted by Gasteiger charge is 2.16. The first-order chi connectivity index (χ1) is 6.11. The second-order valence-electron chi connectivity index (χ2n) is 2.59. The SMILES string of the molecule is CCC(=S)NC(CCSC)C(=O)O. The highest BCUT2D eigenvalue weighted by molar-refractivity contribution is 7.98. The minimum absolute atomic E-state index is 0.528. The molecule has 5 heteroatoms. The Morgan fingerprint density at radius 3 is 2.69 bits per heavy atom. The molecule has 0 spiro atoms. The highest BCUT2D eigenvalue weighted by Crippen LogP contribution is 2.01. The minimum Gasteiger partial charge on any atom is -0.480 e. The van der Waals surface area contributed by atoms with Crippen LogP contribution in [0.1, 0.15) is 19.8 Å². The Hall–Kier alpha value is -0.290. The Bertz CT molecular complexity index is 185. The number of rotatable bonds is 6. The molecule has 0 aliphatic carbocycles. The number of carboxylic acid groups (broad SMARTS) is 1. The van der Waals surface area contributed by atoms with Crippen LogP contribution in [0, 0.1) is 0 Å². The predicted octanol–water partition coefficient (Wildman–Crippen LogP) is 1.52. The quantitative estimate of drug-likeness (QED) is 0.666. The molecule has 0 amide bonds. The summed E-state index contributed by atoms with van der Waals surface area (Å²) in [7, 11) is 0. The lowest BCUT2D eigenvalue weighted by atomic mass is 10.2. The van der Waals surface area contributed by atoms with E-state index in [2.05, 4.69) is 5.32 Å². The number of thiocarbonyl (C=S) groups is 1. The van der Waals surface area contributed by atoms with Crippen molar-refractivity contribution in [2.24, 2.45) is 0 Å². The maximum atomic E-state index is 10.7. The molecule has 76 valence electrons. The number of aliphatic carboxylic acids is 1. The fraction of sp³-hybridized carbons (Fsp3) is 0.750. The van der Waals surface area contributed by atoms with Gasteiger partial charge in [-0.2, -0.15) is 11.8 Å². The average molecular weight is 221 g/mol. The fourth-order valence-corrected chi connectivity index (χ4v) is 1.40. The molecule has 0 radical (unpaired) electrons. The third kappa shape index (κ3) is 5.87. The van der Waals surface area contributed by atoms with Crippen LogP contribution in [0.3, 0.4) is 0 Å². The normalized spacial score (nSPS) is 12.2. The van der Waals surface area contributed by atoms with Gasteiger partial charge in [0.1, 0.15) is 6.04 Å². The molecule has 0 heterocycles. The lowest BCUT2D eigenvalue weighted by Crippen LogP contribution is -2.40. The van der Waals surface area contributed by atoms with Crippen LogP contribution in [0.5, 0.6) is 0 Å². The van der Waals surface area contributed by atoms with Crippen LogP contribution in [-0.2, 0) is 4.79 Å². The molecule has 0 saturated heterocycles. The molecule has 0 aliphatic rings. The molecule has 0 aromatic carbocycles. The maximum absolute atomic E-state index is 10.7. The van der Waals surface area contributed by atoms with Crippen molar-refractivity contribution in [1.82, 2.24) is 5.32 Å². The van der Waals surface area contributed by atoms with Gasteiger partial charge in [-0.1, -0.05) is 19.1 Å². The van der Waals surface area contributed by atoms with E-state index in [-0.39, 0.29) is 0 Å². The lowest BCUT2D eigenvalue weighted by Gasteiger charge is -2.14. The maximum Gasteiger partial charge on any atom is 0.326 e. The molecule has 0 aliphatic heterocycles. The first kappa shape index (κ1) is 12.7. The molecule has 1 atom stereocenters. The van der Waals surface area contributed by atoms with E-state index in [4.69, 9.17) is 17.3 Å². The van der Waals surface area contributed by atoms with E-state index in [1.165, 1.54) is 0 Å². The van der Waals surface area contributed by atoms with E-state index in [9.17, 15) is 4.79 Å². The van der Waals surface area contributed by atoms with E-state index in [1.807, 2.05) is 13.2 Å². The van der Waals surface area contributed by atoms with Crippen molar-refractivity contribution >= 4 is 34.9 Å². The Morgan fingerprint density at radius 1 is 1.69 bits per heavy atom. The van der Waals surface area contributed by atoms with E-state index < -0.39 is 12.0 Å². The van der Waals surface area contributed by atoms with E-state index in [0.29, 0.717) is 17.8 Å². The minimum atomic E-state index is -0.829. The Balaban J connectivity index is 3.94. The first-order valence-electron chi connectivity index (χ1n) is 4.13. The Morgan fingerprint density at radius 2 is 2.31 bits per heavy atom. The molecule has 3 nitrogen and oxygen atoms in total. The van der Waals surface area contributed by atoms with Gasteiger partial charge in [-0.3, -0.25) is 0 Å². The summed E-state index contributed by atoms with van der Waals surface area (Å²) in [5.74, 6) is 0.000814. The molecule has 0 fully saturated rings. The van der Waals surface area contributed by atoms with Crippen LogP contribution >= 0.6 is 24.0 Å². The zero-order valence-electron chi connectivity index (χ0n) is 7.87. The fourth-order valence-electron chi connectivity index (χ4n) is 0.789. The zero-order valence-corrected chi connectivity index (χ0v) is 9.50. The van der Waals surface area contributed by atoms with Crippen molar-refractivity contribution in [3.05, 3.63) is 0 Å². The molecule has 0 bridgehead atoms. The number of carboxylic acids is 1. The first-order valence-corrected chi connectivity index (χ1v) is 5.93. The van der Waals surface area contributed by atoms with E-state index in [1.54, 1.807) is 11.8 Å². The standard InChI is InChI=1S/C8H15NO2S2/c1-3-7(12)9-6(8(10)11)4-5-13-2/h6H,3-5H2,1-2H3,(H,9,12)(H,10,11). The third-order valence-corrected chi connectivity index (χ3v) is 2.62. The van der Waals surface area contributed by atoms with Crippen molar-refractivity contribution in [1.29, 1.82) is 0 Å². The van der Waals surface area contributed by atoms with Crippen LogP contribution in [0.4, 0.5) is 0 Å². The second kappa shape index (κ2) is 7.15. The average Bonchev–Trinajstić information content (AvgIpc) is 2.11. The van der Waals surface area contributed by atoms with E-state index >= 15 is 0 Å². The van der Waals surface area contributed by atoms with Crippen LogP contribution < -0.4 is 5.32 Å². The molecule has 0 rings (SSSR count). The van der Waals surface area contributed by atoms with Gasteiger partial charge in [-0.05, 0) is 24.9 Å². The third-order valence-electron chi connectivity index (χ3n) is 1.57. The largest absolute Gasteiger partial charge is 0.480 e. The Labute approximate surface area is 88.3 Å². The topological polar surface area (TPSA) is 49.3 Å². The van der Waals surface area contributed by atoms with Gasteiger partial charge in [-0.25, -0.2) is 4.79 Å². The zero-order chi connectivity index (χ0) is 10.3. The van der Waals surface area contributed by atoms with Gasteiger partial charge in [-0.15, -0.1) is 0 Å². The van der Waals surface area contributed by atoms with Gasteiger partial charge in [0.25, 0.3) is 0 Å². The molecule has 0 aromatic heterocycles. The van der Waals surface area contributed by atoms with Crippen molar-refractivity contribution in [2.75, 3.05) is 12.0 Å².